The number of rotatable bonds is 5. The van der Waals surface area contributed by atoms with Crippen LogP contribution in [0, 0.1) is 5.92 Å². The third-order valence-electron chi connectivity index (χ3n) is 3.27. The summed E-state index contributed by atoms with van der Waals surface area (Å²) >= 11 is 0. The first kappa shape index (κ1) is 14.6. The van der Waals surface area contributed by atoms with E-state index < -0.39 is 0 Å². The van der Waals surface area contributed by atoms with Gasteiger partial charge in [0.05, 0.1) is 23.8 Å². The molecule has 4 nitrogen and oxygen atoms in total. The predicted molar refractivity (Wildman–Crippen MR) is 81.7 cm³/mol. The van der Waals surface area contributed by atoms with E-state index in [1.165, 1.54) is 0 Å². The molecule has 0 aliphatic carbocycles. The zero-order valence-electron chi connectivity index (χ0n) is 12.7. The fourth-order valence-electron chi connectivity index (χ4n) is 2.16. The third kappa shape index (κ3) is 3.38. The van der Waals surface area contributed by atoms with E-state index in [1.807, 2.05) is 24.5 Å². The fourth-order valence-corrected chi connectivity index (χ4v) is 2.16. The lowest BCUT2D eigenvalue weighted by Crippen LogP contribution is -2.28. The first-order valence-corrected chi connectivity index (χ1v) is 7.19. The van der Waals surface area contributed by atoms with Gasteiger partial charge in [-0.1, -0.05) is 19.9 Å². The van der Waals surface area contributed by atoms with Crippen molar-refractivity contribution in [3.63, 3.8) is 0 Å². The molecule has 2 rings (SSSR count). The highest BCUT2D eigenvalue weighted by Crippen LogP contribution is 2.19. The normalized spacial score (nSPS) is 11.5. The molecule has 1 amide bonds. The molecule has 0 aliphatic rings. The Hall–Kier alpha value is -1.84. The van der Waals surface area contributed by atoms with Crippen molar-refractivity contribution in [3.05, 3.63) is 30.1 Å². The minimum absolute atomic E-state index is 0.0707. The van der Waals surface area contributed by atoms with E-state index in [-0.39, 0.29) is 5.91 Å². The number of aromatic nitrogens is 2. The summed E-state index contributed by atoms with van der Waals surface area (Å²) in [6, 6.07) is 6.45. The molecule has 20 heavy (non-hydrogen) atoms. The van der Waals surface area contributed by atoms with Crippen molar-refractivity contribution in [2.24, 2.45) is 5.92 Å². The Bertz CT molecular complexity index is 599. The Kier molecular flexibility index (Phi) is 4.42. The van der Waals surface area contributed by atoms with Crippen molar-refractivity contribution in [2.75, 3.05) is 6.54 Å². The van der Waals surface area contributed by atoms with Crippen molar-refractivity contribution >= 4 is 16.9 Å². The highest BCUT2D eigenvalue weighted by atomic mass is 16.1. The van der Waals surface area contributed by atoms with Crippen LogP contribution in [0.5, 0.6) is 0 Å². The van der Waals surface area contributed by atoms with E-state index in [0.29, 0.717) is 18.4 Å². The van der Waals surface area contributed by atoms with Gasteiger partial charge in [-0.05, 0) is 37.5 Å². The standard InChI is InChI=1S/C16H23N3O/c1-11(2)9-17-16(20)8-13-5-6-15-14(7-13)18-10-19(15)12(3)4/h5-7,10-12H,8-9H2,1-4H3,(H,17,20). The predicted octanol–water partition coefficient (Wildman–Crippen LogP) is 2.93. The van der Waals surface area contributed by atoms with Gasteiger partial charge in [0.2, 0.25) is 5.91 Å². The van der Waals surface area contributed by atoms with E-state index in [1.54, 1.807) is 0 Å². The summed E-state index contributed by atoms with van der Waals surface area (Å²) in [5.41, 5.74) is 3.08. The SMILES string of the molecule is CC(C)CNC(=O)Cc1ccc2c(c1)ncn2C(C)C. The number of benzene rings is 1. The van der Waals surface area contributed by atoms with E-state index in [4.69, 9.17) is 0 Å². The van der Waals surface area contributed by atoms with Gasteiger partial charge in [-0.15, -0.1) is 0 Å². The maximum absolute atomic E-state index is 11.8. The Morgan fingerprint density at radius 1 is 1.30 bits per heavy atom. The molecule has 0 saturated heterocycles. The van der Waals surface area contributed by atoms with Crippen LogP contribution >= 0.6 is 0 Å². The van der Waals surface area contributed by atoms with E-state index in [2.05, 4.69) is 42.6 Å². The van der Waals surface area contributed by atoms with Crippen LogP contribution in [0.2, 0.25) is 0 Å². The first-order valence-electron chi connectivity index (χ1n) is 7.19. The van der Waals surface area contributed by atoms with Crippen molar-refractivity contribution in [1.29, 1.82) is 0 Å². The van der Waals surface area contributed by atoms with Gasteiger partial charge in [0.1, 0.15) is 0 Å². The highest BCUT2D eigenvalue weighted by molar-refractivity contribution is 5.81. The van der Waals surface area contributed by atoms with Gasteiger partial charge >= 0.3 is 0 Å². The van der Waals surface area contributed by atoms with Gasteiger partial charge in [-0.25, -0.2) is 4.98 Å². The van der Waals surface area contributed by atoms with Crippen molar-refractivity contribution in [3.8, 4) is 0 Å². The van der Waals surface area contributed by atoms with E-state index in [9.17, 15) is 4.79 Å². The number of nitrogens with one attached hydrogen (secondary N) is 1. The molecule has 0 unspecified atom stereocenters. The molecule has 4 heteroatoms. The zero-order valence-corrected chi connectivity index (χ0v) is 12.7. The van der Waals surface area contributed by atoms with Gasteiger partial charge in [-0.2, -0.15) is 0 Å². The van der Waals surface area contributed by atoms with Crippen molar-refractivity contribution in [1.82, 2.24) is 14.9 Å². The molecule has 1 aromatic carbocycles. The minimum Gasteiger partial charge on any atom is -0.356 e. The van der Waals surface area contributed by atoms with Crippen LogP contribution in [0.25, 0.3) is 11.0 Å². The molecule has 0 fully saturated rings. The zero-order chi connectivity index (χ0) is 14.7. The average Bonchev–Trinajstić information content (AvgIpc) is 2.79. The van der Waals surface area contributed by atoms with E-state index >= 15 is 0 Å². The lowest BCUT2D eigenvalue weighted by atomic mass is 10.1. The summed E-state index contributed by atoms with van der Waals surface area (Å²) in [4.78, 5) is 16.2. The summed E-state index contributed by atoms with van der Waals surface area (Å²) in [6.45, 7) is 9.17. The molecule has 0 radical (unpaired) electrons. The maximum Gasteiger partial charge on any atom is 0.224 e. The molecule has 1 aromatic heterocycles. The molecule has 1 heterocycles. The largest absolute Gasteiger partial charge is 0.356 e. The minimum atomic E-state index is 0.0707. The summed E-state index contributed by atoms with van der Waals surface area (Å²) < 4.78 is 2.14. The topological polar surface area (TPSA) is 46.9 Å². The second kappa shape index (κ2) is 6.07. The fraction of sp³-hybridized carbons (Fsp3) is 0.500. The quantitative estimate of drug-likeness (QED) is 0.910. The lowest BCUT2D eigenvalue weighted by Gasteiger charge is -2.09. The second-order valence-electron chi connectivity index (χ2n) is 5.94. The maximum atomic E-state index is 11.8. The van der Waals surface area contributed by atoms with Gasteiger partial charge in [0.15, 0.2) is 0 Å². The van der Waals surface area contributed by atoms with Crippen LogP contribution in [-0.2, 0) is 11.2 Å². The summed E-state index contributed by atoms with van der Waals surface area (Å²) in [7, 11) is 0. The Labute approximate surface area is 120 Å². The summed E-state index contributed by atoms with van der Waals surface area (Å²) in [5, 5.41) is 2.94. The van der Waals surface area contributed by atoms with E-state index in [0.717, 1.165) is 23.1 Å². The Morgan fingerprint density at radius 3 is 2.70 bits per heavy atom. The third-order valence-corrected chi connectivity index (χ3v) is 3.27. The second-order valence-corrected chi connectivity index (χ2v) is 5.94. The van der Waals surface area contributed by atoms with Gasteiger partial charge in [0.25, 0.3) is 0 Å². The molecule has 0 spiro atoms. The lowest BCUT2D eigenvalue weighted by molar-refractivity contribution is -0.120. The molecule has 0 saturated carbocycles. The number of fused-ring (bicyclic) bond motifs is 1. The molecular formula is C16H23N3O. The Morgan fingerprint density at radius 2 is 2.05 bits per heavy atom. The van der Waals surface area contributed by atoms with Crippen molar-refractivity contribution < 1.29 is 4.79 Å². The molecule has 1 N–H and O–H groups in total. The summed E-state index contributed by atoms with van der Waals surface area (Å²) in [6.07, 6.45) is 2.27. The first-order chi connectivity index (χ1) is 9.47. The van der Waals surface area contributed by atoms with Crippen LogP contribution in [0.1, 0.15) is 39.3 Å². The Balaban J connectivity index is 2.10. The van der Waals surface area contributed by atoms with Crippen LogP contribution in [0.15, 0.2) is 24.5 Å². The number of hydrogen-bond acceptors (Lipinski definition) is 2. The summed E-state index contributed by atoms with van der Waals surface area (Å²) in [5.74, 6) is 0.546. The van der Waals surface area contributed by atoms with Crippen LogP contribution in [0.3, 0.4) is 0 Å². The number of carbonyl (C=O) groups excluding carboxylic acids is 1. The van der Waals surface area contributed by atoms with Gasteiger partial charge < -0.3 is 9.88 Å². The smallest absolute Gasteiger partial charge is 0.224 e. The number of imidazole rings is 1. The number of nitrogens with zero attached hydrogens (tertiary/aromatic N) is 2. The van der Waals surface area contributed by atoms with Crippen LogP contribution in [-0.4, -0.2) is 22.0 Å². The number of hydrogen-bond donors (Lipinski definition) is 1. The van der Waals surface area contributed by atoms with Crippen molar-refractivity contribution in [2.45, 2.75) is 40.2 Å². The molecule has 0 atom stereocenters. The van der Waals surface area contributed by atoms with Gasteiger partial charge in [0, 0.05) is 12.6 Å². The van der Waals surface area contributed by atoms with Crippen LogP contribution in [0.4, 0.5) is 0 Å². The highest BCUT2D eigenvalue weighted by Gasteiger charge is 2.08. The van der Waals surface area contributed by atoms with Gasteiger partial charge in [-0.3, -0.25) is 4.79 Å². The monoisotopic (exact) mass is 273 g/mol. The molecular weight excluding hydrogens is 250 g/mol. The molecule has 0 bridgehead atoms. The number of carbonyl (C=O) groups is 1. The molecule has 0 aliphatic heterocycles. The van der Waals surface area contributed by atoms with Crippen LogP contribution < -0.4 is 5.32 Å². The molecule has 108 valence electrons. The number of amides is 1. The average molecular weight is 273 g/mol. The molecule has 2 aromatic rings.